The van der Waals surface area contributed by atoms with Crippen molar-refractivity contribution in [2.24, 2.45) is 0 Å². The number of nitrogens with one attached hydrogen (secondary N) is 1. The van der Waals surface area contributed by atoms with Crippen LogP contribution in [0.4, 0.5) is 0 Å². The van der Waals surface area contributed by atoms with Gasteiger partial charge in [0.05, 0.1) is 6.20 Å². The van der Waals surface area contributed by atoms with Crippen LogP contribution < -0.4 is 0 Å². The molecule has 16 heavy (non-hydrogen) atoms. The van der Waals surface area contributed by atoms with Crippen LogP contribution in [0.3, 0.4) is 0 Å². The molecule has 0 atom stereocenters. The number of hydrogen-bond acceptors (Lipinski definition) is 2. The topological polar surface area (TPSA) is 28.7 Å². The van der Waals surface area contributed by atoms with Crippen LogP contribution in [-0.4, -0.2) is 10.2 Å². The Morgan fingerprint density at radius 2 is 1.94 bits per heavy atom. The van der Waals surface area contributed by atoms with E-state index in [1.165, 1.54) is 12.0 Å². The number of aromatic nitrogens is 2. The van der Waals surface area contributed by atoms with E-state index in [9.17, 15) is 0 Å². The summed E-state index contributed by atoms with van der Waals surface area (Å²) in [5, 5.41) is 6.73. The van der Waals surface area contributed by atoms with Gasteiger partial charge in [-0.05, 0) is 23.6 Å². The third-order valence-corrected chi connectivity index (χ3v) is 2.70. The second-order valence-electron chi connectivity index (χ2n) is 3.78. The summed E-state index contributed by atoms with van der Waals surface area (Å²) in [4.78, 5) is 0. The molecule has 82 valence electrons. The van der Waals surface area contributed by atoms with Crippen LogP contribution in [-0.2, 0) is 6.42 Å². The molecule has 0 bridgehead atoms. The highest BCUT2D eigenvalue weighted by Gasteiger charge is 1.98. The Morgan fingerprint density at radius 3 is 2.56 bits per heavy atom. The van der Waals surface area contributed by atoms with Gasteiger partial charge < -0.3 is 0 Å². The first-order valence-electron chi connectivity index (χ1n) is 5.43. The van der Waals surface area contributed by atoms with E-state index < -0.39 is 0 Å². The van der Waals surface area contributed by atoms with E-state index in [0.29, 0.717) is 4.64 Å². The number of nitrogens with zero attached hydrogens (tertiary/aromatic N) is 1. The summed E-state index contributed by atoms with van der Waals surface area (Å²) in [5.41, 5.74) is 3.60. The third-order valence-electron chi connectivity index (χ3n) is 2.49. The smallest absolute Gasteiger partial charge is 0.120 e. The van der Waals surface area contributed by atoms with Crippen LogP contribution in [0.15, 0.2) is 36.5 Å². The molecule has 1 aromatic carbocycles. The maximum atomic E-state index is 5.05. The zero-order chi connectivity index (χ0) is 11.4. The highest BCUT2D eigenvalue weighted by atomic mass is 32.1. The van der Waals surface area contributed by atoms with Gasteiger partial charge in [-0.15, -0.1) is 0 Å². The maximum absolute atomic E-state index is 5.05. The Kier molecular flexibility index (Phi) is 3.47. The lowest BCUT2D eigenvalue weighted by atomic mass is 10.0. The monoisotopic (exact) mass is 230 g/mol. The molecule has 0 spiro atoms. The molecule has 0 amide bonds. The van der Waals surface area contributed by atoms with Crippen molar-refractivity contribution in [1.82, 2.24) is 10.2 Å². The number of benzene rings is 1. The number of hydrogen-bond donors (Lipinski definition) is 1. The fraction of sp³-hybridized carbons (Fsp3) is 0.231. The molecule has 0 aliphatic carbocycles. The van der Waals surface area contributed by atoms with E-state index in [0.717, 1.165) is 17.5 Å². The number of aromatic amines is 1. The molecule has 1 aromatic heterocycles. The average Bonchev–Trinajstić information content (AvgIpc) is 2.30. The molecule has 1 heterocycles. The van der Waals surface area contributed by atoms with Crippen molar-refractivity contribution in [3.05, 3.63) is 46.7 Å². The summed E-state index contributed by atoms with van der Waals surface area (Å²) in [6.07, 6.45) is 4.11. The second kappa shape index (κ2) is 5.03. The first-order valence-corrected chi connectivity index (χ1v) is 5.84. The van der Waals surface area contributed by atoms with Gasteiger partial charge in [0, 0.05) is 5.56 Å². The first kappa shape index (κ1) is 11.0. The van der Waals surface area contributed by atoms with E-state index in [-0.39, 0.29) is 0 Å². The standard InChI is InChI=1S/C13H14N2S/c1-2-3-10-4-6-11(7-5-10)12-8-13(16)15-14-9-12/h4-9H,2-3H2,1H3,(H,15,16). The van der Waals surface area contributed by atoms with Crippen molar-refractivity contribution < 1.29 is 0 Å². The zero-order valence-electron chi connectivity index (χ0n) is 9.23. The fourth-order valence-electron chi connectivity index (χ4n) is 1.69. The van der Waals surface area contributed by atoms with Crippen molar-refractivity contribution in [3.63, 3.8) is 0 Å². The SMILES string of the molecule is CCCc1ccc(-c2cn[nH]c(=S)c2)cc1. The normalized spacial score (nSPS) is 10.3. The van der Waals surface area contributed by atoms with E-state index in [1.54, 1.807) is 6.20 Å². The largest absolute Gasteiger partial charge is 0.268 e. The molecule has 0 radical (unpaired) electrons. The van der Waals surface area contributed by atoms with Gasteiger partial charge in [0.15, 0.2) is 0 Å². The Labute approximate surface area is 100 Å². The van der Waals surface area contributed by atoms with E-state index in [4.69, 9.17) is 12.2 Å². The fourth-order valence-corrected chi connectivity index (χ4v) is 1.87. The Bertz CT molecular complexity index is 514. The molecule has 0 aliphatic rings. The number of rotatable bonds is 3. The van der Waals surface area contributed by atoms with Crippen LogP contribution in [0.2, 0.25) is 0 Å². The molecule has 0 fully saturated rings. The van der Waals surface area contributed by atoms with Crippen molar-refractivity contribution in [2.75, 3.05) is 0 Å². The van der Waals surface area contributed by atoms with Gasteiger partial charge in [0.1, 0.15) is 4.64 Å². The van der Waals surface area contributed by atoms with E-state index in [1.807, 2.05) is 6.07 Å². The molecular formula is C13H14N2S. The molecule has 1 N–H and O–H groups in total. The predicted molar refractivity (Wildman–Crippen MR) is 68.9 cm³/mol. The zero-order valence-corrected chi connectivity index (χ0v) is 10.1. The quantitative estimate of drug-likeness (QED) is 0.813. The molecule has 3 heteroatoms. The van der Waals surface area contributed by atoms with E-state index >= 15 is 0 Å². The molecule has 2 nitrogen and oxygen atoms in total. The predicted octanol–water partition coefficient (Wildman–Crippen LogP) is 3.76. The third kappa shape index (κ3) is 2.55. The molecule has 0 saturated carbocycles. The van der Waals surface area contributed by atoms with Crippen LogP contribution in [0.5, 0.6) is 0 Å². The lowest BCUT2D eigenvalue weighted by Crippen LogP contribution is -1.86. The lowest BCUT2D eigenvalue weighted by molar-refractivity contribution is 0.922. The Morgan fingerprint density at radius 1 is 1.19 bits per heavy atom. The minimum atomic E-state index is 0.662. The van der Waals surface area contributed by atoms with Gasteiger partial charge >= 0.3 is 0 Å². The molecule has 0 unspecified atom stereocenters. The van der Waals surface area contributed by atoms with Crippen molar-refractivity contribution >= 4 is 12.2 Å². The highest BCUT2D eigenvalue weighted by molar-refractivity contribution is 7.71. The first-order chi connectivity index (χ1) is 7.79. The summed E-state index contributed by atoms with van der Waals surface area (Å²) < 4.78 is 0.662. The van der Waals surface area contributed by atoms with Gasteiger partial charge in [-0.25, -0.2) is 0 Å². The van der Waals surface area contributed by atoms with Crippen molar-refractivity contribution in [2.45, 2.75) is 19.8 Å². The molecule has 0 saturated heterocycles. The maximum Gasteiger partial charge on any atom is 0.120 e. The average molecular weight is 230 g/mol. The van der Waals surface area contributed by atoms with Crippen LogP contribution in [0, 0.1) is 4.64 Å². The molecular weight excluding hydrogens is 216 g/mol. The second-order valence-corrected chi connectivity index (χ2v) is 4.22. The summed E-state index contributed by atoms with van der Waals surface area (Å²) in [5.74, 6) is 0. The van der Waals surface area contributed by atoms with Gasteiger partial charge in [-0.3, -0.25) is 5.10 Å². The van der Waals surface area contributed by atoms with Crippen LogP contribution in [0.1, 0.15) is 18.9 Å². The summed E-state index contributed by atoms with van der Waals surface area (Å²) in [6.45, 7) is 2.19. The van der Waals surface area contributed by atoms with Crippen LogP contribution >= 0.6 is 12.2 Å². The molecule has 2 rings (SSSR count). The highest BCUT2D eigenvalue weighted by Crippen LogP contribution is 2.18. The summed E-state index contributed by atoms with van der Waals surface area (Å²) >= 11 is 5.05. The minimum absolute atomic E-state index is 0.662. The van der Waals surface area contributed by atoms with Gasteiger partial charge in [-0.2, -0.15) is 5.10 Å². The molecule has 2 aromatic rings. The van der Waals surface area contributed by atoms with Crippen LogP contribution in [0.25, 0.3) is 11.1 Å². The van der Waals surface area contributed by atoms with E-state index in [2.05, 4.69) is 41.4 Å². The van der Waals surface area contributed by atoms with Gasteiger partial charge in [0.25, 0.3) is 0 Å². The molecule has 0 aliphatic heterocycles. The number of aryl methyl sites for hydroxylation is 1. The van der Waals surface area contributed by atoms with Gasteiger partial charge in [-0.1, -0.05) is 49.8 Å². The Hall–Kier alpha value is -1.48. The van der Waals surface area contributed by atoms with Crippen molar-refractivity contribution in [1.29, 1.82) is 0 Å². The Balaban J connectivity index is 2.31. The minimum Gasteiger partial charge on any atom is -0.268 e. The lowest BCUT2D eigenvalue weighted by Gasteiger charge is -2.02. The summed E-state index contributed by atoms with van der Waals surface area (Å²) in [7, 11) is 0. The van der Waals surface area contributed by atoms with Gasteiger partial charge in [0.2, 0.25) is 0 Å². The van der Waals surface area contributed by atoms with Crippen molar-refractivity contribution in [3.8, 4) is 11.1 Å². The summed E-state index contributed by atoms with van der Waals surface area (Å²) in [6, 6.07) is 10.5. The number of H-pyrrole nitrogens is 1.